The molecule has 2 unspecified atom stereocenters. The Morgan fingerprint density at radius 3 is 2.38 bits per heavy atom. The van der Waals surface area contributed by atoms with Gasteiger partial charge in [0, 0.05) is 24.8 Å². The Labute approximate surface area is 141 Å². The number of hydrogen-bond acceptors (Lipinski definition) is 3. The van der Waals surface area contributed by atoms with E-state index >= 15 is 0 Å². The Bertz CT molecular complexity index is 737. The van der Waals surface area contributed by atoms with Gasteiger partial charge in [-0.15, -0.1) is 0 Å². The zero-order valence-electron chi connectivity index (χ0n) is 14.4. The number of carboxylic acid groups (broad SMARTS) is 1. The van der Waals surface area contributed by atoms with Gasteiger partial charge in [0.15, 0.2) is 0 Å². The number of nitrogens with one attached hydrogen (secondary N) is 1. The fourth-order valence-electron chi connectivity index (χ4n) is 2.94. The minimum absolute atomic E-state index is 0.0564. The summed E-state index contributed by atoms with van der Waals surface area (Å²) in [7, 11) is 1.84. The van der Waals surface area contributed by atoms with E-state index < -0.39 is 11.9 Å². The molecule has 128 valence electrons. The van der Waals surface area contributed by atoms with Gasteiger partial charge in [0.2, 0.25) is 5.91 Å². The Morgan fingerprint density at radius 1 is 1.25 bits per heavy atom. The first-order valence-corrected chi connectivity index (χ1v) is 7.88. The highest BCUT2D eigenvalue weighted by Crippen LogP contribution is 2.23. The molecule has 1 heterocycles. The van der Waals surface area contributed by atoms with Gasteiger partial charge in [-0.2, -0.15) is 5.10 Å². The van der Waals surface area contributed by atoms with E-state index in [1.54, 1.807) is 28.9 Å². The van der Waals surface area contributed by atoms with Crippen LogP contribution in [0.4, 0.5) is 0 Å². The maximum Gasteiger partial charge on any atom is 0.312 e. The van der Waals surface area contributed by atoms with E-state index in [1.807, 2.05) is 33.9 Å². The Balaban J connectivity index is 2.10. The van der Waals surface area contributed by atoms with Crippen LogP contribution in [0.25, 0.3) is 0 Å². The zero-order valence-corrected chi connectivity index (χ0v) is 14.4. The number of aryl methyl sites for hydroxylation is 2. The molecular formula is C18H23N3O3. The molecule has 2 atom stereocenters. The minimum atomic E-state index is -0.956. The Kier molecular flexibility index (Phi) is 5.39. The van der Waals surface area contributed by atoms with Gasteiger partial charge in [0.05, 0.1) is 17.5 Å². The largest absolute Gasteiger partial charge is 0.481 e. The summed E-state index contributed by atoms with van der Waals surface area (Å²) >= 11 is 0. The van der Waals surface area contributed by atoms with Crippen LogP contribution < -0.4 is 5.32 Å². The molecule has 1 amide bonds. The summed E-state index contributed by atoms with van der Waals surface area (Å²) in [6.07, 6.45) is 0. The average molecular weight is 329 g/mol. The molecule has 0 aliphatic heterocycles. The van der Waals surface area contributed by atoms with Gasteiger partial charge in [-0.3, -0.25) is 14.3 Å². The van der Waals surface area contributed by atoms with Crippen LogP contribution in [0.2, 0.25) is 0 Å². The van der Waals surface area contributed by atoms with Crippen molar-refractivity contribution in [2.75, 3.05) is 6.54 Å². The standard InChI is InChI=1S/C18H23N3O3/c1-11(16-12(2)20-21(4)13(16)3)17(22)19-10-15(18(23)24)14-8-6-5-7-9-14/h5-9,11,15H,10H2,1-4H3,(H,19,22)(H,23,24). The fraction of sp³-hybridized carbons (Fsp3) is 0.389. The van der Waals surface area contributed by atoms with E-state index in [-0.39, 0.29) is 18.4 Å². The summed E-state index contributed by atoms with van der Waals surface area (Å²) in [5.74, 6) is -2.30. The van der Waals surface area contributed by atoms with Crippen molar-refractivity contribution in [1.29, 1.82) is 0 Å². The third kappa shape index (κ3) is 3.64. The van der Waals surface area contributed by atoms with Crippen LogP contribution in [0.3, 0.4) is 0 Å². The van der Waals surface area contributed by atoms with E-state index in [9.17, 15) is 14.7 Å². The number of amides is 1. The van der Waals surface area contributed by atoms with Gasteiger partial charge in [-0.25, -0.2) is 0 Å². The zero-order chi connectivity index (χ0) is 17.9. The highest BCUT2D eigenvalue weighted by atomic mass is 16.4. The van der Waals surface area contributed by atoms with E-state index in [1.165, 1.54) is 0 Å². The van der Waals surface area contributed by atoms with Crippen molar-refractivity contribution in [1.82, 2.24) is 15.1 Å². The summed E-state index contributed by atoms with van der Waals surface area (Å²) in [6.45, 7) is 5.66. The highest BCUT2D eigenvalue weighted by Gasteiger charge is 2.25. The number of nitrogens with zero attached hydrogens (tertiary/aromatic N) is 2. The lowest BCUT2D eigenvalue weighted by atomic mass is 9.96. The summed E-state index contributed by atoms with van der Waals surface area (Å²) in [5, 5.41) is 16.5. The molecule has 0 aliphatic rings. The van der Waals surface area contributed by atoms with E-state index in [0.717, 1.165) is 17.0 Å². The topological polar surface area (TPSA) is 84.2 Å². The lowest BCUT2D eigenvalue weighted by Gasteiger charge is -2.17. The highest BCUT2D eigenvalue weighted by molar-refractivity contribution is 5.85. The second kappa shape index (κ2) is 7.29. The second-order valence-electron chi connectivity index (χ2n) is 5.98. The smallest absolute Gasteiger partial charge is 0.312 e. The lowest BCUT2D eigenvalue weighted by molar-refractivity contribution is -0.138. The normalized spacial score (nSPS) is 13.3. The molecule has 0 aliphatic carbocycles. The van der Waals surface area contributed by atoms with E-state index in [4.69, 9.17) is 0 Å². The van der Waals surface area contributed by atoms with Gasteiger partial charge >= 0.3 is 5.97 Å². The monoisotopic (exact) mass is 329 g/mol. The Hall–Kier alpha value is -2.63. The summed E-state index contributed by atoms with van der Waals surface area (Å²) in [6, 6.07) is 8.92. The van der Waals surface area contributed by atoms with Gasteiger partial charge in [0.25, 0.3) is 0 Å². The van der Waals surface area contributed by atoms with Crippen LogP contribution in [0.5, 0.6) is 0 Å². The third-order valence-electron chi connectivity index (χ3n) is 4.37. The van der Waals surface area contributed by atoms with Crippen molar-refractivity contribution in [2.24, 2.45) is 7.05 Å². The molecule has 0 bridgehead atoms. The van der Waals surface area contributed by atoms with Crippen LogP contribution in [-0.2, 0) is 16.6 Å². The van der Waals surface area contributed by atoms with E-state index in [0.29, 0.717) is 5.56 Å². The number of aromatic nitrogens is 2. The van der Waals surface area contributed by atoms with Crippen LogP contribution >= 0.6 is 0 Å². The van der Waals surface area contributed by atoms with Crippen molar-refractivity contribution in [3.8, 4) is 0 Å². The summed E-state index contributed by atoms with van der Waals surface area (Å²) < 4.78 is 1.75. The van der Waals surface area contributed by atoms with Crippen molar-refractivity contribution in [2.45, 2.75) is 32.6 Å². The minimum Gasteiger partial charge on any atom is -0.481 e. The van der Waals surface area contributed by atoms with Crippen LogP contribution in [0, 0.1) is 13.8 Å². The molecule has 0 saturated carbocycles. The number of carboxylic acids is 1. The van der Waals surface area contributed by atoms with Gasteiger partial charge in [-0.1, -0.05) is 30.3 Å². The first-order valence-electron chi connectivity index (χ1n) is 7.88. The van der Waals surface area contributed by atoms with Crippen LogP contribution in [0.15, 0.2) is 30.3 Å². The quantitative estimate of drug-likeness (QED) is 0.850. The van der Waals surface area contributed by atoms with Crippen LogP contribution in [-0.4, -0.2) is 33.3 Å². The molecule has 0 fully saturated rings. The van der Waals surface area contributed by atoms with Crippen molar-refractivity contribution >= 4 is 11.9 Å². The molecule has 24 heavy (non-hydrogen) atoms. The molecule has 1 aromatic carbocycles. The molecule has 1 aromatic heterocycles. The Morgan fingerprint density at radius 2 is 1.88 bits per heavy atom. The molecule has 2 aromatic rings. The molecular weight excluding hydrogens is 306 g/mol. The third-order valence-corrected chi connectivity index (χ3v) is 4.37. The van der Waals surface area contributed by atoms with Crippen molar-refractivity contribution < 1.29 is 14.7 Å². The van der Waals surface area contributed by atoms with Crippen LogP contribution in [0.1, 0.15) is 41.3 Å². The molecule has 6 heteroatoms. The van der Waals surface area contributed by atoms with Crippen molar-refractivity contribution in [3.05, 3.63) is 52.8 Å². The fourth-order valence-corrected chi connectivity index (χ4v) is 2.94. The maximum atomic E-state index is 12.5. The SMILES string of the molecule is Cc1nn(C)c(C)c1C(C)C(=O)NCC(C(=O)O)c1ccccc1. The molecule has 6 nitrogen and oxygen atoms in total. The predicted octanol–water partition coefficient (Wildman–Crippen LogP) is 2.13. The maximum absolute atomic E-state index is 12.5. The number of carbonyl (C=O) groups excluding carboxylic acids is 1. The lowest BCUT2D eigenvalue weighted by Crippen LogP contribution is -2.34. The molecule has 0 radical (unpaired) electrons. The summed E-state index contributed by atoms with van der Waals surface area (Å²) in [4.78, 5) is 24.0. The molecule has 2 N–H and O–H groups in total. The number of rotatable bonds is 6. The second-order valence-corrected chi connectivity index (χ2v) is 5.98. The predicted molar refractivity (Wildman–Crippen MR) is 90.9 cm³/mol. The molecule has 0 saturated heterocycles. The number of carbonyl (C=O) groups is 2. The van der Waals surface area contributed by atoms with Crippen molar-refractivity contribution in [3.63, 3.8) is 0 Å². The van der Waals surface area contributed by atoms with Gasteiger partial charge in [-0.05, 0) is 26.3 Å². The molecule has 2 rings (SSSR count). The summed E-state index contributed by atoms with van der Waals surface area (Å²) in [5.41, 5.74) is 3.32. The van der Waals surface area contributed by atoms with Gasteiger partial charge in [0.1, 0.15) is 0 Å². The van der Waals surface area contributed by atoms with E-state index in [2.05, 4.69) is 10.4 Å². The number of benzene rings is 1. The average Bonchev–Trinajstić information content (AvgIpc) is 2.80. The number of aliphatic carboxylic acids is 1. The first kappa shape index (κ1) is 17.7. The first-order chi connectivity index (χ1) is 11.3. The number of hydrogen-bond donors (Lipinski definition) is 2. The van der Waals surface area contributed by atoms with Gasteiger partial charge < -0.3 is 10.4 Å². The molecule has 0 spiro atoms.